The smallest absolute Gasteiger partial charge is 0.431 e. The van der Waals surface area contributed by atoms with Gasteiger partial charge in [-0.1, -0.05) is 122 Å². The number of hydrogen-bond donors (Lipinski definition) is 0. The molecule has 0 saturated carbocycles. The van der Waals surface area contributed by atoms with Crippen LogP contribution >= 0.6 is 0 Å². The molecule has 0 aliphatic carbocycles. The average Bonchev–Trinajstić information content (AvgIpc) is 1.47. The summed E-state index contributed by atoms with van der Waals surface area (Å²) < 4.78 is 25.2. The molecular formula is C61H68O20Si4. The van der Waals surface area contributed by atoms with Crippen molar-refractivity contribution >= 4 is 83.7 Å². The maximum absolute atomic E-state index is 14.6. The third-order valence-electron chi connectivity index (χ3n) is 13.6. The first kappa shape index (κ1) is 68.1. The molecule has 4 rings (SSSR count). The molecule has 4 unspecified atom stereocenters. The van der Waals surface area contributed by atoms with E-state index in [-0.39, 0.29) is 22.3 Å². The van der Waals surface area contributed by atoms with Crippen molar-refractivity contribution in [3.05, 3.63) is 240 Å². The van der Waals surface area contributed by atoms with Crippen LogP contribution in [0.4, 0.5) is 19.2 Å². The summed E-state index contributed by atoms with van der Waals surface area (Å²) in [5.74, 6) is -4.65. The molecule has 4 aromatic rings. The second-order valence-electron chi connectivity index (χ2n) is 18.4. The number of ether oxygens (including phenoxy) is 4. The summed E-state index contributed by atoms with van der Waals surface area (Å²) in [7, 11) is -14.3. The predicted octanol–water partition coefficient (Wildman–Crippen LogP) is 10.3. The first-order valence-corrected chi connectivity index (χ1v) is 34.6. The van der Waals surface area contributed by atoms with Crippen LogP contribution in [0.2, 0.25) is 0 Å². The van der Waals surface area contributed by atoms with Crippen LogP contribution in [0.1, 0.15) is 91.4 Å². The van der Waals surface area contributed by atoms with Gasteiger partial charge >= 0.3 is 48.5 Å². The van der Waals surface area contributed by atoms with E-state index in [4.69, 9.17) is 58.0 Å². The van der Waals surface area contributed by atoms with E-state index < -0.39 is 112 Å². The normalized spacial score (nSPS) is 12.8. The Morgan fingerprint density at radius 2 is 0.482 bits per heavy atom. The van der Waals surface area contributed by atoms with Gasteiger partial charge in [0.05, 0.1) is 22.3 Å². The van der Waals surface area contributed by atoms with Gasteiger partial charge in [0.25, 0.3) is 0 Å². The van der Waals surface area contributed by atoms with Crippen molar-refractivity contribution in [2.75, 3.05) is 0 Å². The van der Waals surface area contributed by atoms with Crippen LogP contribution in [-0.4, -0.2) is 107 Å². The van der Waals surface area contributed by atoms with Gasteiger partial charge in [0.1, 0.15) is 63.5 Å². The fourth-order valence-corrected chi connectivity index (χ4v) is 19.0. The molecule has 0 aliphatic rings. The van der Waals surface area contributed by atoms with Gasteiger partial charge in [-0.3, -0.25) is 0 Å². The predicted molar refractivity (Wildman–Crippen MR) is 323 cm³/mol. The molecule has 0 heterocycles. The van der Waals surface area contributed by atoms with Gasteiger partial charge in [-0.15, -0.1) is 52.6 Å². The highest BCUT2D eigenvalue weighted by Crippen LogP contribution is 2.48. The molecule has 4 aromatic carbocycles. The largest absolute Gasteiger partial charge is 0.549 e. The molecule has 0 bridgehead atoms. The van der Waals surface area contributed by atoms with Crippen LogP contribution in [-0.2, 0) is 83.7 Å². The van der Waals surface area contributed by atoms with Crippen molar-refractivity contribution in [2.45, 2.75) is 76.3 Å². The maximum Gasteiger partial charge on any atom is 0.549 e. The van der Waals surface area contributed by atoms with Crippen LogP contribution in [0, 0.1) is 5.41 Å². The molecule has 0 saturated heterocycles. The Balaban J connectivity index is 2.12. The van der Waals surface area contributed by atoms with Gasteiger partial charge in [-0.2, -0.15) is 19.2 Å². The third kappa shape index (κ3) is 18.3. The first-order chi connectivity index (χ1) is 40.9. The molecule has 20 nitrogen and oxygen atoms in total. The molecule has 24 heteroatoms. The lowest BCUT2D eigenvalue weighted by molar-refractivity contribution is -0.237. The fourth-order valence-electron chi connectivity index (χ4n) is 8.88. The molecule has 0 aliphatic heterocycles. The Morgan fingerprint density at radius 3 is 0.624 bits per heavy atom. The van der Waals surface area contributed by atoms with E-state index in [1.165, 1.54) is 94.1 Å². The summed E-state index contributed by atoms with van der Waals surface area (Å²) >= 11 is 0. The minimum Gasteiger partial charge on any atom is -0.431 e. The lowest BCUT2D eigenvalue weighted by Gasteiger charge is -2.54. The van der Waals surface area contributed by atoms with E-state index in [1.54, 1.807) is 48.5 Å². The average molecular weight is 1230 g/mol. The third-order valence-corrected chi connectivity index (χ3v) is 23.6. The van der Waals surface area contributed by atoms with Crippen molar-refractivity contribution in [3.63, 3.8) is 0 Å². The van der Waals surface area contributed by atoms with E-state index in [2.05, 4.69) is 52.6 Å². The minimum absolute atomic E-state index is 0.0512. The standard InChI is InChI=1S/C61H68O20Si4/c1-13-41-25-33-45(34-26-41)49(62)74-78-57(66)70-53(82(17-5)18-6)61(54(83(19-7)20-8)71-58(67)79-75-50(63)46-35-27-42(14-2)28-36-46,55(84(21-9)22-10)72-59(68)80-76-51(64)47-37-29-43(15-3)30-38-47)56(85(23-11)24-12)73-60(69)81-77-52(65)48-39-31-44(16-4)32-40-48/h17-40,53-56,82-85H,5-16H2,1-4H3. The van der Waals surface area contributed by atoms with Crippen molar-refractivity contribution < 1.29 is 96.4 Å². The molecule has 0 aromatic heterocycles. The number of carbonyl (C=O) groups excluding carboxylic acids is 8. The van der Waals surface area contributed by atoms with E-state index in [0.29, 0.717) is 25.7 Å². The monoisotopic (exact) mass is 1230 g/mol. The zero-order valence-electron chi connectivity index (χ0n) is 47.6. The van der Waals surface area contributed by atoms with Gasteiger partial charge in [-0.05, 0) is 96.5 Å². The topological polar surface area (TPSA) is 247 Å². The summed E-state index contributed by atoms with van der Waals surface area (Å²) in [5.41, 5.74) is 2.54. The summed E-state index contributed by atoms with van der Waals surface area (Å²) in [6, 6.07) is 24.5. The Kier molecular flexibility index (Phi) is 27.5. The van der Waals surface area contributed by atoms with Crippen molar-refractivity contribution in [3.8, 4) is 0 Å². The Hall–Kier alpha value is -9.37. The van der Waals surface area contributed by atoms with Crippen LogP contribution in [0.25, 0.3) is 0 Å². The SMILES string of the molecule is C=C[SiH](C=C)C(OC(=O)OOC(=O)c1ccc(CC)cc1)C(C(OC(=O)OOC(=O)c1ccc(CC)cc1)[SiH](C=C)C=C)(C(OC(=O)OOC(=O)c1ccc(CC)cc1)[SiH](C=C)C=C)C(OC(=O)OOC(=O)c1ccc(CC)cc1)[SiH](C=C)C=C. The van der Waals surface area contributed by atoms with Crippen LogP contribution < -0.4 is 0 Å². The zero-order chi connectivity index (χ0) is 62.6. The van der Waals surface area contributed by atoms with E-state index in [9.17, 15) is 38.4 Å². The van der Waals surface area contributed by atoms with Crippen molar-refractivity contribution in [1.29, 1.82) is 0 Å². The Morgan fingerprint density at radius 1 is 0.318 bits per heavy atom. The van der Waals surface area contributed by atoms with Gasteiger partial charge in [-0.25, -0.2) is 58.3 Å². The Bertz CT molecular complexity index is 2610. The highest BCUT2D eigenvalue weighted by molar-refractivity contribution is 6.76. The highest BCUT2D eigenvalue weighted by Gasteiger charge is 2.68. The van der Waals surface area contributed by atoms with Gasteiger partial charge < -0.3 is 18.9 Å². The van der Waals surface area contributed by atoms with Crippen molar-refractivity contribution in [1.82, 2.24) is 0 Å². The number of benzene rings is 4. The van der Waals surface area contributed by atoms with Gasteiger partial charge in [0.15, 0.2) is 0 Å². The van der Waals surface area contributed by atoms with E-state index >= 15 is 0 Å². The maximum atomic E-state index is 14.6. The molecule has 0 spiro atoms. The quantitative estimate of drug-likeness (QED) is 0.0169. The zero-order valence-corrected chi connectivity index (χ0v) is 52.2. The lowest BCUT2D eigenvalue weighted by atomic mass is 9.89. The lowest BCUT2D eigenvalue weighted by Crippen LogP contribution is -2.74. The van der Waals surface area contributed by atoms with E-state index in [1.807, 2.05) is 27.7 Å². The number of rotatable bonds is 28. The molecule has 0 N–H and O–H groups in total. The van der Waals surface area contributed by atoms with Gasteiger partial charge in [0.2, 0.25) is 0 Å². The summed E-state index contributed by atoms with van der Waals surface area (Å²) in [5, 5.41) is 0. The molecular weight excluding hydrogens is 1160 g/mol. The van der Waals surface area contributed by atoms with Crippen molar-refractivity contribution in [2.24, 2.45) is 5.41 Å². The molecule has 85 heavy (non-hydrogen) atoms. The van der Waals surface area contributed by atoms with Crippen LogP contribution in [0.3, 0.4) is 0 Å². The van der Waals surface area contributed by atoms with Gasteiger partial charge in [0, 0.05) is 0 Å². The van der Waals surface area contributed by atoms with Crippen LogP contribution in [0.15, 0.2) is 195 Å². The van der Waals surface area contributed by atoms with E-state index in [0.717, 1.165) is 22.3 Å². The summed E-state index contributed by atoms with van der Waals surface area (Å²) in [6.45, 7) is 39.6. The summed E-state index contributed by atoms with van der Waals surface area (Å²) in [6.07, 6.45) is -4.61. The second kappa shape index (κ2) is 34.3. The molecule has 0 fully saturated rings. The first-order valence-electron chi connectivity index (χ1n) is 26.6. The second-order valence-corrected chi connectivity index (χ2v) is 29.2. The summed E-state index contributed by atoms with van der Waals surface area (Å²) in [4.78, 5) is 152. The fraction of sp³-hybridized carbons (Fsp3) is 0.213. The molecule has 4 atom stereocenters. The highest BCUT2D eigenvalue weighted by atomic mass is 28.3. The molecule has 0 radical (unpaired) electrons. The number of carbonyl (C=O) groups is 8. The molecule has 0 amide bonds. The number of aryl methyl sites for hydroxylation is 4. The Labute approximate surface area is 499 Å². The van der Waals surface area contributed by atoms with Crippen LogP contribution in [0.5, 0.6) is 0 Å². The number of hydrogen-bond acceptors (Lipinski definition) is 20. The molecule has 448 valence electrons. The minimum atomic E-state index is -3.57.